The van der Waals surface area contributed by atoms with Gasteiger partial charge in [0, 0.05) is 18.2 Å². The average molecular weight is 352 g/mol. The summed E-state index contributed by atoms with van der Waals surface area (Å²) >= 11 is 0. The van der Waals surface area contributed by atoms with Crippen LogP contribution in [0.15, 0.2) is 18.2 Å². The Bertz CT molecular complexity index is 595. The zero-order valence-corrected chi connectivity index (χ0v) is 14.9. The summed E-state index contributed by atoms with van der Waals surface area (Å²) in [6.07, 6.45) is -0.139. The van der Waals surface area contributed by atoms with Gasteiger partial charge in [0.2, 0.25) is 0 Å². The fourth-order valence-electron chi connectivity index (χ4n) is 1.88. The summed E-state index contributed by atoms with van der Waals surface area (Å²) in [6, 6.07) is 4.66. The lowest BCUT2D eigenvalue weighted by atomic mass is 10.2. The van der Waals surface area contributed by atoms with Gasteiger partial charge in [-0.3, -0.25) is 14.4 Å². The molecule has 2 N–H and O–H groups in total. The molecule has 0 saturated carbocycles. The van der Waals surface area contributed by atoms with E-state index < -0.39 is 18.0 Å². The number of rotatable bonds is 9. The Labute approximate surface area is 146 Å². The molecular formula is C17H24N2O6. The fourth-order valence-corrected chi connectivity index (χ4v) is 1.88. The lowest BCUT2D eigenvalue weighted by Gasteiger charge is -2.13. The van der Waals surface area contributed by atoms with Crippen LogP contribution in [-0.2, 0) is 14.3 Å². The number of hydrogen-bond donors (Lipinski definition) is 2. The van der Waals surface area contributed by atoms with Crippen molar-refractivity contribution in [3.05, 3.63) is 23.8 Å². The van der Waals surface area contributed by atoms with Gasteiger partial charge in [0.05, 0.1) is 14.2 Å². The molecule has 1 rings (SSSR count). The van der Waals surface area contributed by atoms with Crippen molar-refractivity contribution in [2.45, 2.75) is 26.4 Å². The van der Waals surface area contributed by atoms with E-state index >= 15 is 0 Å². The molecule has 1 aromatic rings. The molecule has 8 heteroatoms. The van der Waals surface area contributed by atoms with Crippen molar-refractivity contribution >= 4 is 17.8 Å². The van der Waals surface area contributed by atoms with Crippen molar-refractivity contribution in [3.63, 3.8) is 0 Å². The Morgan fingerprint density at radius 2 is 1.64 bits per heavy atom. The van der Waals surface area contributed by atoms with Crippen LogP contribution in [0.3, 0.4) is 0 Å². The number of ether oxygens (including phenoxy) is 3. The van der Waals surface area contributed by atoms with E-state index in [-0.39, 0.29) is 18.0 Å². The standard InChI is InChI=1S/C17H24N2O6/c1-5-6-18-16(21)11(2)25-15(20)10-19-17(22)12-7-13(23-3)9-14(8-12)24-4/h7-9,11H,5-6,10H2,1-4H3,(H,18,21)(H,19,22)/t11-/m0/s1. The summed E-state index contributed by atoms with van der Waals surface area (Å²) in [5, 5.41) is 5.05. The summed E-state index contributed by atoms with van der Waals surface area (Å²) in [5.41, 5.74) is 0.276. The van der Waals surface area contributed by atoms with Gasteiger partial charge in [-0.15, -0.1) is 0 Å². The van der Waals surface area contributed by atoms with Gasteiger partial charge in [0.15, 0.2) is 6.10 Å². The van der Waals surface area contributed by atoms with Crippen LogP contribution in [0.2, 0.25) is 0 Å². The highest BCUT2D eigenvalue weighted by molar-refractivity contribution is 5.96. The summed E-state index contributed by atoms with van der Waals surface area (Å²) in [6.45, 7) is 3.54. The Morgan fingerprint density at radius 1 is 1.04 bits per heavy atom. The third-order valence-corrected chi connectivity index (χ3v) is 3.23. The number of carbonyl (C=O) groups excluding carboxylic acids is 3. The molecule has 0 aliphatic rings. The van der Waals surface area contributed by atoms with Crippen molar-refractivity contribution in [3.8, 4) is 11.5 Å². The minimum Gasteiger partial charge on any atom is -0.497 e. The molecule has 0 aliphatic carbocycles. The number of carbonyl (C=O) groups is 3. The largest absolute Gasteiger partial charge is 0.497 e. The number of amides is 2. The molecule has 0 radical (unpaired) electrons. The predicted molar refractivity (Wildman–Crippen MR) is 90.7 cm³/mol. The third-order valence-electron chi connectivity index (χ3n) is 3.23. The maximum absolute atomic E-state index is 12.1. The smallest absolute Gasteiger partial charge is 0.326 e. The monoisotopic (exact) mass is 352 g/mol. The van der Waals surface area contributed by atoms with E-state index in [9.17, 15) is 14.4 Å². The first-order valence-electron chi connectivity index (χ1n) is 7.89. The van der Waals surface area contributed by atoms with Crippen molar-refractivity contribution in [2.75, 3.05) is 27.3 Å². The molecule has 25 heavy (non-hydrogen) atoms. The van der Waals surface area contributed by atoms with E-state index in [2.05, 4.69) is 10.6 Å². The Morgan fingerprint density at radius 3 is 2.16 bits per heavy atom. The molecule has 0 saturated heterocycles. The highest BCUT2D eigenvalue weighted by Crippen LogP contribution is 2.22. The zero-order valence-electron chi connectivity index (χ0n) is 14.9. The van der Waals surface area contributed by atoms with E-state index in [1.165, 1.54) is 33.3 Å². The van der Waals surface area contributed by atoms with Gasteiger partial charge in [-0.05, 0) is 25.5 Å². The second kappa shape index (κ2) is 10.2. The summed E-state index contributed by atoms with van der Waals surface area (Å²) in [5.74, 6) is -0.666. The molecule has 0 unspecified atom stereocenters. The number of benzene rings is 1. The molecule has 1 atom stereocenters. The molecule has 0 aromatic heterocycles. The third kappa shape index (κ3) is 6.70. The van der Waals surface area contributed by atoms with E-state index in [0.717, 1.165) is 6.42 Å². The maximum Gasteiger partial charge on any atom is 0.326 e. The number of hydrogen-bond acceptors (Lipinski definition) is 6. The molecule has 0 heterocycles. The summed E-state index contributed by atoms with van der Waals surface area (Å²) < 4.78 is 15.1. The molecule has 0 bridgehead atoms. The normalized spacial score (nSPS) is 11.2. The highest BCUT2D eigenvalue weighted by atomic mass is 16.5. The molecule has 2 amide bonds. The van der Waals surface area contributed by atoms with Gasteiger partial charge in [-0.1, -0.05) is 6.92 Å². The first-order valence-corrected chi connectivity index (χ1v) is 7.89. The molecule has 0 spiro atoms. The maximum atomic E-state index is 12.1. The fraction of sp³-hybridized carbons (Fsp3) is 0.471. The van der Waals surface area contributed by atoms with E-state index in [1.807, 2.05) is 6.92 Å². The van der Waals surface area contributed by atoms with E-state index in [4.69, 9.17) is 14.2 Å². The van der Waals surface area contributed by atoms with Crippen molar-refractivity contribution in [1.29, 1.82) is 0 Å². The molecule has 0 fully saturated rings. The van der Waals surface area contributed by atoms with Gasteiger partial charge in [0.25, 0.3) is 11.8 Å². The van der Waals surface area contributed by atoms with Gasteiger partial charge in [0.1, 0.15) is 18.0 Å². The minimum atomic E-state index is -0.923. The van der Waals surface area contributed by atoms with Gasteiger partial charge >= 0.3 is 5.97 Å². The first kappa shape index (κ1) is 20.3. The SMILES string of the molecule is CCCNC(=O)[C@H](C)OC(=O)CNC(=O)c1cc(OC)cc(OC)c1. The second-order valence-corrected chi connectivity index (χ2v) is 5.21. The molecule has 8 nitrogen and oxygen atoms in total. The second-order valence-electron chi connectivity index (χ2n) is 5.21. The summed E-state index contributed by atoms with van der Waals surface area (Å²) in [7, 11) is 2.94. The van der Waals surface area contributed by atoms with Crippen LogP contribution in [0.25, 0.3) is 0 Å². The van der Waals surface area contributed by atoms with Crippen molar-refractivity contribution < 1.29 is 28.6 Å². The van der Waals surface area contributed by atoms with Crippen molar-refractivity contribution in [1.82, 2.24) is 10.6 Å². The minimum absolute atomic E-state index is 0.276. The van der Waals surface area contributed by atoms with Crippen LogP contribution in [0.1, 0.15) is 30.6 Å². The van der Waals surface area contributed by atoms with Crippen LogP contribution < -0.4 is 20.1 Å². The quantitative estimate of drug-likeness (QED) is 0.640. The Hall–Kier alpha value is -2.77. The highest BCUT2D eigenvalue weighted by Gasteiger charge is 2.18. The number of methoxy groups -OCH3 is 2. The van der Waals surface area contributed by atoms with Crippen LogP contribution >= 0.6 is 0 Å². The molecule has 0 aliphatic heterocycles. The average Bonchev–Trinajstić information content (AvgIpc) is 2.63. The lowest BCUT2D eigenvalue weighted by Crippen LogP contribution is -2.39. The van der Waals surface area contributed by atoms with Crippen LogP contribution in [0.5, 0.6) is 11.5 Å². The topological polar surface area (TPSA) is 103 Å². The predicted octanol–water partition coefficient (Wildman–Crippen LogP) is 0.892. The van der Waals surface area contributed by atoms with E-state index in [1.54, 1.807) is 6.07 Å². The number of esters is 1. The van der Waals surface area contributed by atoms with Gasteiger partial charge in [-0.2, -0.15) is 0 Å². The molecular weight excluding hydrogens is 328 g/mol. The Balaban J connectivity index is 2.55. The zero-order chi connectivity index (χ0) is 18.8. The van der Waals surface area contributed by atoms with Gasteiger partial charge in [-0.25, -0.2) is 0 Å². The van der Waals surface area contributed by atoms with Crippen molar-refractivity contribution in [2.24, 2.45) is 0 Å². The van der Waals surface area contributed by atoms with Gasteiger partial charge < -0.3 is 24.8 Å². The van der Waals surface area contributed by atoms with E-state index in [0.29, 0.717) is 18.0 Å². The van der Waals surface area contributed by atoms with Crippen LogP contribution in [-0.4, -0.2) is 51.2 Å². The molecule has 1 aromatic carbocycles. The van der Waals surface area contributed by atoms with Crippen LogP contribution in [0.4, 0.5) is 0 Å². The Kier molecular flexibility index (Phi) is 8.25. The van der Waals surface area contributed by atoms with Crippen LogP contribution in [0, 0.1) is 0 Å². The summed E-state index contributed by atoms with van der Waals surface area (Å²) in [4.78, 5) is 35.5. The number of nitrogens with one attached hydrogen (secondary N) is 2. The molecule has 138 valence electrons. The lowest BCUT2D eigenvalue weighted by molar-refractivity contribution is -0.153. The first-order chi connectivity index (χ1) is 11.9.